The van der Waals surface area contributed by atoms with Crippen LogP contribution in [-0.4, -0.2) is 22.8 Å². The molecule has 3 N–H and O–H groups in total. The van der Waals surface area contributed by atoms with Crippen LogP contribution in [0.4, 0.5) is 0 Å². The third-order valence-electron chi connectivity index (χ3n) is 3.64. The van der Waals surface area contributed by atoms with Gasteiger partial charge in [0.05, 0.1) is 6.10 Å². The molecule has 3 heteroatoms. The van der Waals surface area contributed by atoms with Crippen LogP contribution in [0.1, 0.15) is 44.3 Å². The zero-order chi connectivity index (χ0) is 13.0. The SMILES string of the molecule is CC(CCC1CC1)NCC(O)c1ccc(O)cc1. The van der Waals surface area contributed by atoms with Gasteiger partial charge in [-0.1, -0.05) is 25.0 Å². The van der Waals surface area contributed by atoms with Crippen LogP contribution >= 0.6 is 0 Å². The second-order valence-electron chi connectivity index (χ2n) is 5.44. The Kier molecular flexibility index (Phi) is 4.61. The number of phenolic OH excluding ortho intramolecular Hbond substituents is 1. The van der Waals surface area contributed by atoms with Crippen LogP contribution in [0, 0.1) is 5.92 Å². The number of aromatic hydroxyl groups is 1. The number of hydrogen-bond acceptors (Lipinski definition) is 3. The van der Waals surface area contributed by atoms with Crippen LogP contribution < -0.4 is 5.32 Å². The molecule has 1 aromatic rings. The Bertz CT molecular complexity index is 359. The molecule has 1 saturated carbocycles. The summed E-state index contributed by atoms with van der Waals surface area (Å²) in [5.74, 6) is 1.20. The van der Waals surface area contributed by atoms with Crippen molar-refractivity contribution in [3.63, 3.8) is 0 Å². The predicted octanol–water partition coefficient (Wildman–Crippen LogP) is 2.59. The van der Waals surface area contributed by atoms with Crippen LogP contribution in [-0.2, 0) is 0 Å². The van der Waals surface area contributed by atoms with Gasteiger partial charge >= 0.3 is 0 Å². The number of nitrogens with one attached hydrogen (secondary N) is 1. The van der Waals surface area contributed by atoms with Gasteiger partial charge in [0.25, 0.3) is 0 Å². The first kappa shape index (κ1) is 13.4. The van der Waals surface area contributed by atoms with Gasteiger partial charge in [-0.25, -0.2) is 0 Å². The predicted molar refractivity (Wildman–Crippen MR) is 72.5 cm³/mol. The lowest BCUT2D eigenvalue weighted by Gasteiger charge is -2.17. The van der Waals surface area contributed by atoms with E-state index < -0.39 is 6.10 Å². The molecule has 0 radical (unpaired) electrons. The van der Waals surface area contributed by atoms with E-state index in [1.165, 1.54) is 25.7 Å². The van der Waals surface area contributed by atoms with Crippen LogP contribution in [0.25, 0.3) is 0 Å². The van der Waals surface area contributed by atoms with E-state index in [0.29, 0.717) is 12.6 Å². The van der Waals surface area contributed by atoms with Crippen molar-refractivity contribution in [3.8, 4) is 5.75 Å². The topological polar surface area (TPSA) is 52.5 Å². The molecule has 1 aliphatic carbocycles. The molecule has 18 heavy (non-hydrogen) atoms. The normalized spacial score (nSPS) is 18.6. The zero-order valence-electron chi connectivity index (χ0n) is 11.0. The smallest absolute Gasteiger partial charge is 0.115 e. The molecule has 0 aromatic heterocycles. The quantitative estimate of drug-likeness (QED) is 0.696. The molecule has 1 aromatic carbocycles. The zero-order valence-corrected chi connectivity index (χ0v) is 11.0. The first-order chi connectivity index (χ1) is 8.65. The number of aliphatic hydroxyl groups is 1. The molecule has 0 spiro atoms. The van der Waals surface area contributed by atoms with Gasteiger partial charge in [0.15, 0.2) is 0 Å². The summed E-state index contributed by atoms with van der Waals surface area (Å²) < 4.78 is 0. The molecule has 0 saturated heterocycles. The molecule has 100 valence electrons. The van der Waals surface area contributed by atoms with E-state index >= 15 is 0 Å². The molecule has 2 atom stereocenters. The molecule has 3 nitrogen and oxygen atoms in total. The number of phenols is 1. The van der Waals surface area contributed by atoms with Crippen molar-refractivity contribution in [1.82, 2.24) is 5.32 Å². The average molecular weight is 249 g/mol. The third kappa shape index (κ3) is 4.31. The van der Waals surface area contributed by atoms with Crippen molar-refractivity contribution in [2.24, 2.45) is 5.92 Å². The fraction of sp³-hybridized carbons (Fsp3) is 0.600. The Morgan fingerprint density at radius 1 is 1.28 bits per heavy atom. The Morgan fingerprint density at radius 3 is 2.56 bits per heavy atom. The van der Waals surface area contributed by atoms with Gasteiger partial charge in [0, 0.05) is 12.6 Å². The van der Waals surface area contributed by atoms with E-state index in [-0.39, 0.29) is 5.75 Å². The monoisotopic (exact) mass is 249 g/mol. The van der Waals surface area contributed by atoms with Crippen LogP contribution in [0.5, 0.6) is 5.75 Å². The molecular weight excluding hydrogens is 226 g/mol. The third-order valence-corrected chi connectivity index (χ3v) is 3.64. The number of hydrogen-bond donors (Lipinski definition) is 3. The lowest BCUT2D eigenvalue weighted by atomic mass is 10.1. The van der Waals surface area contributed by atoms with Gasteiger partial charge in [0.2, 0.25) is 0 Å². The fourth-order valence-corrected chi connectivity index (χ4v) is 2.12. The van der Waals surface area contributed by atoms with Crippen LogP contribution in [0.15, 0.2) is 24.3 Å². The van der Waals surface area contributed by atoms with Gasteiger partial charge in [0.1, 0.15) is 5.75 Å². The Hall–Kier alpha value is -1.06. The minimum atomic E-state index is -0.506. The maximum atomic E-state index is 10.0. The molecule has 2 unspecified atom stereocenters. The van der Waals surface area contributed by atoms with E-state index in [9.17, 15) is 10.2 Å². The highest BCUT2D eigenvalue weighted by atomic mass is 16.3. The second kappa shape index (κ2) is 6.21. The molecule has 1 fully saturated rings. The largest absolute Gasteiger partial charge is 0.508 e. The fourth-order valence-electron chi connectivity index (χ4n) is 2.12. The van der Waals surface area contributed by atoms with E-state index in [0.717, 1.165) is 11.5 Å². The lowest BCUT2D eigenvalue weighted by Crippen LogP contribution is -2.30. The highest BCUT2D eigenvalue weighted by Crippen LogP contribution is 2.33. The highest BCUT2D eigenvalue weighted by Gasteiger charge is 2.21. The number of benzene rings is 1. The summed E-state index contributed by atoms with van der Waals surface area (Å²) >= 11 is 0. The second-order valence-corrected chi connectivity index (χ2v) is 5.44. The molecule has 0 heterocycles. The highest BCUT2D eigenvalue weighted by molar-refractivity contribution is 5.27. The molecule has 0 bridgehead atoms. The van der Waals surface area contributed by atoms with Gasteiger partial charge < -0.3 is 15.5 Å². The van der Waals surface area contributed by atoms with Crippen LogP contribution in [0.2, 0.25) is 0 Å². The Labute approximate surface area is 109 Å². The lowest BCUT2D eigenvalue weighted by molar-refractivity contribution is 0.169. The summed E-state index contributed by atoms with van der Waals surface area (Å²) in [7, 11) is 0. The van der Waals surface area contributed by atoms with Gasteiger partial charge in [-0.2, -0.15) is 0 Å². The summed E-state index contributed by atoms with van der Waals surface area (Å²) in [4.78, 5) is 0. The molecular formula is C15H23NO2. The maximum absolute atomic E-state index is 10.0. The number of rotatable bonds is 7. The van der Waals surface area contributed by atoms with Crippen molar-refractivity contribution in [3.05, 3.63) is 29.8 Å². The molecule has 0 aliphatic heterocycles. The Balaban J connectivity index is 1.69. The van der Waals surface area contributed by atoms with Crippen molar-refractivity contribution in [2.45, 2.75) is 44.8 Å². The van der Waals surface area contributed by atoms with Crippen molar-refractivity contribution < 1.29 is 10.2 Å². The van der Waals surface area contributed by atoms with E-state index in [1.54, 1.807) is 24.3 Å². The summed E-state index contributed by atoms with van der Waals surface area (Å²) in [6.07, 6.45) is 4.80. The van der Waals surface area contributed by atoms with Crippen molar-refractivity contribution >= 4 is 0 Å². The molecule has 0 amide bonds. The Morgan fingerprint density at radius 2 is 1.94 bits per heavy atom. The summed E-state index contributed by atoms with van der Waals surface area (Å²) in [6, 6.07) is 7.19. The molecule has 1 aliphatic rings. The van der Waals surface area contributed by atoms with Gasteiger partial charge in [-0.15, -0.1) is 0 Å². The summed E-state index contributed by atoms with van der Waals surface area (Å²) in [5.41, 5.74) is 0.842. The van der Waals surface area contributed by atoms with Crippen molar-refractivity contribution in [2.75, 3.05) is 6.54 Å². The van der Waals surface area contributed by atoms with E-state index in [2.05, 4.69) is 12.2 Å². The number of aliphatic hydroxyl groups excluding tert-OH is 1. The average Bonchev–Trinajstić information content (AvgIpc) is 3.18. The summed E-state index contributed by atoms with van der Waals surface area (Å²) in [5, 5.41) is 22.6. The van der Waals surface area contributed by atoms with E-state index in [1.807, 2.05) is 0 Å². The standard InChI is InChI=1S/C15H23NO2/c1-11(2-3-12-4-5-12)16-10-15(18)13-6-8-14(17)9-7-13/h6-9,11-12,15-18H,2-5,10H2,1H3. The maximum Gasteiger partial charge on any atom is 0.115 e. The van der Waals surface area contributed by atoms with Crippen LogP contribution in [0.3, 0.4) is 0 Å². The first-order valence-corrected chi connectivity index (χ1v) is 6.85. The summed E-state index contributed by atoms with van der Waals surface area (Å²) in [6.45, 7) is 2.74. The minimum Gasteiger partial charge on any atom is -0.508 e. The van der Waals surface area contributed by atoms with Gasteiger partial charge in [-0.3, -0.25) is 0 Å². The van der Waals surface area contributed by atoms with E-state index in [4.69, 9.17) is 0 Å². The minimum absolute atomic E-state index is 0.233. The molecule has 2 rings (SSSR count). The van der Waals surface area contributed by atoms with Gasteiger partial charge in [-0.05, 0) is 43.4 Å². The first-order valence-electron chi connectivity index (χ1n) is 6.85. The van der Waals surface area contributed by atoms with Crippen molar-refractivity contribution in [1.29, 1.82) is 0 Å².